The first-order chi connectivity index (χ1) is 14.9. The number of urea groups is 1. The van der Waals surface area contributed by atoms with E-state index in [0.717, 1.165) is 30.2 Å². The van der Waals surface area contributed by atoms with Crippen LogP contribution in [0.5, 0.6) is 0 Å². The van der Waals surface area contributed by atoms with Gasteiger partial charge in [0.25, 0.3) is 0 Å². The minimum atomic E-state index is -0.379. The molecule has 1 aromatic carbocycles. The molecule has 1 saturated heterocycles. The Morgan fingerprint density at radius 1 is 1.23 bits per heavy atom. The fourth-order valence-corrected chi connectivity index (χ4v) is 4.57. The zero-order valence-electron chi connectivity index (χ0n) is 17.8. The van der Waals surface area contributed by atoms with Gasteiger partial charge in [-0.2, -0.15) is 11.8 Å². The lowest BCUT2D eigenvalue weighted by Gasteiger charge is -2.26. The van der Waals surface area contributed by atoms with Crippen LogP contribution in [-0.4, -0.2) is 40.6 Å². The number of thioether (sulfide) groups is 1. The van der Waals surface area contributed by atoms with Crippen LogP contribution in [-0.2, 0) is 0 Å². The number of carbonyl (C=O) groups excluding carboxylic acids is 1. The number of furan rings is 1. The molecule has 0 radical (unpaired) electrons. The summed E-state index contributed by atoms with van der Waals surface area (Å²) in [5.41, 5.74) is 1.93. The molecule has 3 aromatic rings. The molecule has 2 aromatic heterocycles. The van der Waals surface area contributed by atoms with E-state index in [0.29, 0.717) is 28.4 Å². The number of benzene rings is 1. The molecule has 0 aliphatic carbocycles. The van der Waals surface area contributed by atoms with Gasteiger partial charge in [0.1, 0.15) is 17.2 Å². The maximum absolute atomic E-state index is 13.6. The average molecular weight is 444 g/mol. The van der Waals surface area contributed by atoms with E-state index < -0.39 is 0 Å². The van der Waals surface area contributed by atoms with Crippen molar-refractivity contribution < 1.29 is 13.6 Å². The number of carbonyl (C=O) groups is 1. The van der Waals surface area contributed by atoms with Gasteiger partial charge in [-0.3, -0.25) is 0 Å². The number of amides is 2. The number of nitrogens with one attached hydrogen (secondary N) is 2. The van der Waals surface area contributed by atoms with Gasteiger partial charge in [-0.05, 0) is 31.0 Å². The largest absolute Gasteiger partial charge is 0.459 e. The van der Waals surface area contributed by atoms with Gasteiger partial charge < -0.3 is 20.0 Å². The molecule has 0 saturated carbocycles. The molecule has 1 atom stereocenters. The molecule has 3 heterocycles. The number of rotatable bonds is 5. The molecule has 1 unspecified atom stereocenters. The Labute approximate surface area is 184 Å². The molecule has 0 bridgehead atoms. The number of halogens is 1. The highest BCUT2D eigenvalue weighted by Gasteiger charge is 2.25. The van der Waals surface area contributed by atoms with Gasteiger partial charge in [-0.1, -0.05) is 13.8 Å². The summed E-state index contributed by atoms with van der Waals surface area (Å²) >= 11 is 1.93. The Kier molecular flexibility index (Phi) is 6.31. The standard InChI is InChI=1S/C22H26FN5O2S/c1-13(2)19(20-14(3)17-10-15(23)4-5-18(17)30-20)27-22(29)26-16-11-24-21(25-12-16)28-6-8-31-9-7-28/h4-5,10-13,19H,6-9H2,1-3H3,(H2,26,27,29). The second kappa shape index (κ2) is 9.13. The van der Waals surface area contributed by atoms with E-state index in [1.54, 1.807) is 18.5 Å². The third-order valence-electron chi connectivity index (χ3n) is 5.36. The van der Waals surface area contributed by atoms with Crippen molar-refractivity contribution in [1.29, 1.82) is 0 Å². The molecular weight excluding hydrogens is 417 g/mol. The Balaban J connectivity index is 1.46. The lowest BCUT2D eigenvalue weighted by atomic mass is 9.98. The topological polar surface area (TPSA) is 83.3 Å². The van der Waals surface area contributed by atoms with E-state index in [-0.39, 0.29) is 23.8 Å². The van der Waals surface area contributed by atoms with Crippen LogP contribution in [0.25, 0.3) is 11.0 Å². The third-order valence-corrected chi connectivity index (χ3v) is 6.30. The lowest BCUT2D eigenvalue weighted by molar-refractivity contribution is 0.241. The molecule has 9 heteroatoms. The molecular formula is C22H26FN5O2S. The molecule has 2 N–H and O–H groups in total. The van der Waals surface area contributed by atoms with Gasteiger partial charge in [0.2, 0.25) is 5.95 Å². The molecule has 2 amide bonds. The summed E-state index contributed by atoms with van der Waals surface area (Å²) in [5, 5.41) is 6.47. The minimum Gasteiger partial charge on any atom is -0.459 e. The van der Waals surface area contributed by atoms with Gasteiger partial charge in [-0.15, -0.1) is 0 Å². The number of aromatic nitrogens is 2. The minimum absolute atomic E-state index is 0.0606. The van der Waals surface area contributed by atoms with Crippen LogP contribution in [0.4, 0.5) is 20.8 Å². The number of aryl methyl sites for hydroxylation is 1. The average Bonchev–Trinajstić information content (AvgIpc) is 3.08. The van der Waals surface area contributed by atoms with E-state index in [1.165, 1.54) is 12.1 Å². The molecule has 1 aliphatic heterocycles. The summed E-state index contributed by atoms with van der Waals surface area (Å²) in [5.74, 6) is 3.18. The summed E-state index contributed by atoms with van der Waals surface area (Å²) < 4.78 is 19.6. The van der Waals surface area contributed by atoms with Crippen molar-refractivity contribution in [2.24, 2.45) is 5.92 Å². The van der Waals surface area contributed by atoms with Gasteiger partial charge in [0.05, 0.1) is 24.1 Å². The predicted octanol–water partition coefficient (Wildman–Crippen LogP) is 4.74. The maximum atomic E-state index is 13.6. The Bertz CT molecular complexity index is 1060. The number of anilines is 2. The van der Waals surface area contributed by atoms with Crippen molar-refractivity contribution in [3.63, 3.8) is 0 Å². The molecule has 164 valence electrons. The second-order valence-electron chi connectivity index (χ2n) is 7.92. The zero-order valence-corrected chi connectivity index (χ0v) is 18.6. The maximum Gasteiger partial charge on any atom is 0.319 e. The van der Waals surface area contributed by atoms with Gasteiger partial charge >= 0.3 is 6.03 Å². The van der Waals surface area contributed by atoms with Gasteiger partial charge in [0, 0.05) is 35.5 Å². The van der Waals surface area contributed by atoms with E-state index in [2.05, 4.69) is 25.5 Å². The summed E-state index contributed by atoms with van der Waals surface area (Å²) in [4.78, 5) is 23.6. The number of hydrogen-bond donors (Lipinski definition) is 2. The van der Waals surface area contributed by atoms with E-state index in [9.17, 15) is 9.18 Å². The van der Waals surface area contributed by atoms with Crippen LogP contribution in [0.3, 0.4) is 0 Å². The quantitative estimate of drug-likeness (QED) is 0.593. The van der Waals surface area contributed by atoms with Crippen molar-refractivity contribution in [3.8, 4) is 0 Å². The Morgan fingerprint density at radius 2 is 1.94 bits per heavy atom. The molecule has 31 heavy (non-hydrogen) atoms. The van der Waals surface area contributed by atoms with Crippen molar-refractivity contribution in [2.75, 3.05) is 34.8 Å². The molecule has 1 fully saturated rings. The molecule has 1 aliphatic rings. The summed E-state index contributed by atoms with van der Waals surface area (Å²) in [6.07, 6.45) is 3.23. The van der Waals surface area contributed by atoms with E-state index >= 15 is 0 Å². The van der Waals surface area contributed by atoms with Crippen LogP contribution in [0, 0.1) is 18.7 Å². The van der Waals surface area contributed by atoms with Crippen molar-refractivity contribution in [2.45, 2.75) is 26.8 Å². The smallest absolute Gasteiger partial charge is 0.319 e. The van der Waals surface area contributed by atoms with Crippen LogP contribution in [0.1, 0.15) is 31.2 Å². The van der Waals surface area contributed by atoms with Crippen LogP contribution in [0.2, 0.25) is 0 Å². The highest BCUT2D eigenvalue weighted by atomic mass is 32.2. The number of nitrogens with zero attached hydrogens (tertiary/aromatic N) is 3. The SMILES string of the molecule is Cc1c(C(NC(=O)Nc2cnc(N3CCSCC3)nc2)C(C)C)oc2ccc(F)cc12. The van der Waals surface area contributed by atoms with Gasteiger partial charge in [0.15, 0.2) is 0 Å². The predicted molar refractivity (Wildman–Crippen MR) is 122 cm³/mol. The highest BCUT2D eigenvalue weighted by Crippen LogP contribution is 2.33. The first-order valence-corrected chi connectivity index (χ1v) is 11.5. The first-order valence-electron chi connectivity index (χ1n) is 10.3. The fourth-order valence-electron chi connectivity index (χ4n) is 3.66. The Morgan fingerprint density at radius 3 is 2.61 bits per heavy atom. The fraction of sp³-hybridized carbons (Fsp3) is 0.409. The third kappa shape index (κ3) is 4.76. The summed E-state index contributed by atoms with van der Waals surface area (Å²) in [7, 11) is 0. The van der Waals surface area contributed by atoms with E-state index in [4.69, 9.17) is 4.42 Å². The zero-order chi connectivity index (χ0) is 22.0. The molecule has 7 nitrogen and oxygen atoms in total. The van der Waals surface area contributed by atoms with Crippen molar-refractivity contribution in [3.05, 3.63) is 47.7 Å². The van der Waals surface area contributed by atoms with Crippen LogP contribution in [0.15, 0.2) is 35.0 Å². The summed E-state index contributed by atoms with van der Waals surface area (Å²) in [6, 6.07) is 3.68. The van der Waals surface area contributed by atoms with Gasteiger partial charge in [-0.25, -0.2) is 19.2 Å². The second-order valence-corrected chi connectivity index (χ2v) is 9.15. The van der Waals surface area contributed by atoms with Crippen LogP contribution >= 0.6 is 11.8 Å². The van der Waals surface area contributed by atoms with Crippen LogP contribution < -0.4 is 15.5 Å². The first kappa shape index (κ1) is 21.4. The monoisotopic (exact) mass is 443 g/mol. The molecule has 4 rings (SSSR count). The summed E-state index contributed by atoms with van der Waals surface area (Å²) in [6.45, 7) is 7.71. The molecule has 0 spiro atoms. The van der Waals surface area contributed by atoms with Crippen molar-refractivity contribution in [1.82, 2.24) is 15.3 Å². The highest BCUT2D eigenvalue weighted by molar-refractivity contribution is 7.99. The number of fused-ring (bicyclic) bond motifs is 1. The number of hydrogen-bond acceptors (Lipinski definition) is 6. The lowest BCUT2D eigenvalue weighted by Crippen LogP contribution is -2.35. The van der Waals surface area contributed by atoms with Crippen molar-refractivity contribution >= 4 is 40.4 Å². The van der Waals surface area contributed by atoms with E-state index in [1.807, 2.05) is 32.5 Å². The normalized spacial score (nSPS) is 15.3. The Hall–Kier alpha value is -2.81.